The minimum absolute atomic E-state index is 0.0264. The van der Waals surface area contributed by atoms with Crippen LogP contribution in [0.25, 0.3) is 5.57 Å². The summed E-state index contributed by atoms with van der Waals surface area (Å²) in [4.78, 5) is 28.3. The van der Waals surface area contributed by atoms with Crippen molar-refractivity contribution in [3.63, 3.8) is 0 Å². The number of amides is 2. The Bertz CT molecular complexity index is 1180. The first-order valence-electron chi connectivity index (χ1n) is 10.9. The minimum atomic E-state index is -0.428. The van der Waals surface area contributed by atoms with Crippen molar-refractivity contribution in [2.24, 2.45) is 0 Å². The number of hydrogen-bond donors (Lipinski definition) is 1. The van der Waals surface area contributed by atoms with Gasteiger partial charge in [-0.2, -0.15) is 0 Å². The number of benzene rings is 3. The van der Waals surface area contributed by atoms with Crippen LogP contribution < -0.4 is 19.7 Å². The molecule has 33 heavy (non-hydrogen) atoms. The maximum atomic E-state index is 13.5. The van der Waals surface area contributed by atoms with Crippen molar-refractivity contribution in [3.05, 3.63) is 90.1 Å². The largest absolute Gasteiger partial charge is 0.492 e. The molecule has 6 heteroatoms. The maximum absolute atomic E-state index is 13.5. The van der Waals surface area contributed by atoms with Gasteiger partial charge < -0.3 is 14.8 Å². The standard InChI is InChI=1S/C27H26N2O4/c1-4-32-23-13-9-8-12-22(23)28-25-24(19-10-6-5-7-11-19)26(30)29(27(25)31)20-14-16-21(17-15-20)33-18(2)3/h5-18,28H,4H2,1-3H3. The van der Waals surface area contributed by atoms with Crippen LogP contribution in [0.1, 0.15) is 26.3 Å². The van der Waals surface area contributed by atoms with E-state index in [4.69, 9.17) is 9.47 Å². The number of carbonyl (C=O) groups is 2. The van der Waals surface area contributed by atoms with E-state index in [2.05, 4.69) is 5.32 Å². The summed E-state index contributed by atoms with van der Waals surface area (Å²) in [5.74, 6) is 0.463. The Labute approximate surface area is 193 Å². The minimum Gasteiger partial charge on any atom is -0.492 e. The third kappa shape index (κ3) is 4.60. The number of nitrogens with one attached hydrogen (secondary N) is 1. The Morgan fingerprint density at radius 1 is 0.848 bits per heavy atom. The molecule has 0 saturated carbocycles. The fraction of sp³-hybridized carbons (Fsp3) is 0.185. The molecule has 4 rings (SSSR count). The molecule has 0 spiro atoms. The van der Waals surface area contributed by atoms with Gasteiger partial charge in [0.1, 0.15) is 17.2 Å². The number of hydrogen-bond acceptors (Lipinski definition) is 5. The molecule has 0 radical (unpaired) electrons. The van der Waals surface area contributed by atoms with Crippen LogP contribution in [0.5, 0.6) is 11.5 Å². The molecule has 0 saturated heterocycles. The van der Waals surface area contributed by atoms with Gasteiger partial charge in [0.05, 0.1) is 29.7 Å². The van der Waals surface area contributed by atoms with Crippen molar-refractivity contribution in [2.45, 2.75) is 26.9 Å². The first-order valence-corrected chi connectivity index (χ1v) is 10.9. The second kappa shape index (κ2) is 9.61. The van der Waals surface area contributed by atoms with E-state index in [1.165, 1.54) is 4.90 Å². The molecule has 3 aromatic carbocycles. The van der Waals surface area contributed by atoms with Gasteiger partial charge in [0.25, 0.3) is 11.8 Å². The fourth-order valence-electron chi connectivity index (χ4n) is 3.68. The summed E-state index contributed by atoms with van der Waals surface area (Å²) in [7, 11) is 0. The Morgan fingerprint density at radius 3 is 2.18 bits per heavy atom. The Morgan fingerprint density at radius 2 is 1.52 bits per heavy atom. The smallest absolute Gasteiger partial charge is 0.282 e. The average molecular weight is 443 g/mol. The van der Waals surface area contributed by atoms with Gasteiger partial charge in [0, 0.05) is 0 Å². The molecule has 1 heterocycles. The summed E-state index contributed by atoms with van der Waals surface area (Å²) in [5, 5.41) is 3.18. The van der Waals surface area contributed by atoms with Crippen LogP contribution >= 0.6 is 0 Å². The van der Waals surface area contributed by atoms with Crippen LogP contribution in [0.15, 0.2) is 84.6 Å². The van der Waals surface area contributed by atoms with Crippen molar-refractivity contribution in [2.75, 3.05) is 16.8 Å². The van der Waals surface area contributed by atoms with Crippen LogP contribution in [0.2, 0.25) is 0 Å². The van der Waals surface area contributed by atoms with E-state index in [-0.39, 0.29) is 17.7 Å². The van der Waals surface area contributed by atoms with Gasteiger partial charge in [-0.05, 0) is 62.7 Å². The molecular formula is C27H26N2O4. The van der Waals surface area contributed by atoms with Gasteiger partial charge in [0.2, 0.25) is 0 Å². The van der Waals surface area contributed by atoms with Crippen molar-refractivity contribution in [1.82, 2.24) is 0 Å². The number of imide groups is 1. The molecule has 0 bridgehead atoms. The van der Waals surface area contributed by atoms with E-state index in [1.54, 1.807) is 24.3 Å². The van der Waals surface area contributed by atoms with Crippen molar-refractivity contribution in [1.29, 1.82) is 0 Å². The molecule has 0 fully saturated rings. The van der Waals surface area contributed by atoms with Crippen molar-refractivity contribution >= 4 is 28.8 Å². The topological polar surface area (TPSA) is 67.9 Å². The van der Waals surface area contributed by atoms with Gasteiger partial charge in [0.15, 0.2) is 0 Å². The Hall–Kier alpha value is -4.06. The monoisotopic (exact) mass is 442 g/mol. The maximum Gasteiger partial charge on any atom is 0.282 e. The van der Waals surface area contributed by atoms with Crippen LogP contribution in [-0.4, -0.2) is 24.5 Å². The highest BCUT2D eigenvalue weighted by Gasteiger charge is 2.40. The lowest BCUT2D eigenvalue weighted by Gasteiger charge is -2.17. The van der Waals surface area contributed by atoms with Gasteiger partial charge in [-0.1, -0.05) is 42.5 Å². The highest BCUT2D eigenvalue weighted by Crippen LogP contribution is 2.36. The zero-order valence-electron chi connectivity index (χ0n) is 18.9. The molecule has 3 aromatic rings. The van der Waals surface area contributed by atoms with Crippen molar-refractivity contribution in [3.8, 4) is 11.5 Å². The zero-order chi connectivity index (χ0) is 23.4. The molecule has 0 aromatic heterocycles. The van der Waals surface area contributed by atoms with E-state index >= 15 is 0 Å². The summed E-state index contributed by atoms with van der Waals surface area (Å²) in [6.07, 6.45) is 0.0264. The number of carbonyl (C=O) groups excluding carboxylic acids is 2. The zero-order valence-corrected chi connectivity index (χ0v) is 18.9. The SMILES string of the molecule is CCOc1ccccc1NC1=C(c2ccccc2)C(=O)N(c2ccc(OC(C)C)cc2)C1=O. The quantitative estimate of drug-likeness (QED) is 0.482. The fourth-order valence-corrected chi connectivity index (χ4v) is 3.68. The van der Waals surface area contributed by atoms with Crippen LogP contribution in [0, 0.1) is 0 Å². The van der Waals surface area contributed by atoms with Crippen LogP contribution in [0.4, 0.5) is 11.4 Å². The second-order valence-electron chi connectivity index (χ2n) is 7.78. The van der Waals surface area contributed by atoms with E-state index < -0.39 is 5.91 Å². The molecule has 6 nitrogen and oxygen atoms in total. The summed E-state index contributed by atoms with van der Waals surface area (Å²) in [5.41, 5.74) is 2.28. The molecular weight excluding hydrogens is 416 g/mol. The predicted octanol–water partition coefficient (Wildman–Crippen LogP) is 5.27. The number of rotatable bonds is 8. The number of nitrogens with zero attached hydrogens (tertiary/aromatic N) is 1. The Balaban J connectivity index is 1.74. The first-order chi connectivity index (χ1) is 16.0. The first kappa shape index (κ1) is 22.1. The number of para-hydroxylation sites is 2. The lowest BCUT2D eigenvalue weighted by Crippen LogP contribution is -2.32. The molecule has 1 N–H and O–H groups in total. The summed E-state index contributed by atoms with van der Waals surface area (Å²) >= 11 is 0. The predicted molar refractivity (Wildman–Crippen MR) is 129 cm³/mol. The summed E-state index contributed by atoms with van der Waals surface area (Å²) in [6.45, 7) is 6.25. The third-order valence-electron chi connectivity index (χ3n) is 5.06. The molecule has 0 aliphatic carbocycles. The third-order valence-corrected chi connectivity index (χ3v) is 5.06. The van der Waals surface area contributed by atoms with Gasteiger partial charge in [-0.3, -0.25) is 9.59 Å². The van der Waals surface area contributed by atoms with Crippen LogP contribution in [-0.2, 0) is 9.59 Å². The Kier molecular flexibility index (Phi) is 6.45. The lowest BCUT2D eigenvalue weighted by molar-refractivity contribution is -0.120. The highest BCUT2D eigenvalue weighted by atomic mass is 16.5. The van der Waals surface area contributed by atoms with E-state index in [1.807, 2.05) is 75.4 Å². The molecule has 0 unspecified atom stereocenters. The normalized spacial score (nSPS) is 13.6. The lowest BCUT2D eigenvalue weighted by atomic mass is 10.0. The van der Waals surface area contributed by atoms with Crippen molar-refractivity contribution < 1.29 is 19.1 Å². The molecule has 2 amide bonds. The average Bonchev–Trinajstić information content (AvgIpc) is 3.05. The molecule has 1 aliphatic heterocycles. The van der Waals surface area contributed by atoms with Gasteiger partial charge >= 0.3 is 0 Å². The second-order valence-corrected chi connectivity index (χ2v) is 7.78. The highest BCUT2D eigenvalue weighted by molar-refractivity contribution is 6.46. The summed E-state index contributed by atoms with van der Waals surface area (Å²) < 4.78 is 11.4. The molecule has 0 atom stereocenters. The molecule has 1 aliphatic rings. The number of anilines is 2. The molecule has 168 valence electrons. The number of ether oxygens (including phenoxy) is 2. The van der Waals surface area contributed by atoms with E-state index in [0.29, 0.717) is 40.6 Å². The van der Waals surface area contributed by atoms with Crippen LogP contribution in [0.3, 0.4) is 0 Å². The summed E-state index contributed by atoms with van der Waals surface area (Å²) in [6, 6.07) is 23.5. The van der Waals surface area contributed by atoms with E-state index in [9.17, 15) is 9.59 Å². The van der Waals surface area contributed by atoms with Gasteiger partial charge in [-0.15, -0.1) is 0 Å². The van der Waals surface area contributed by atoms with Gasteiger partial charge in [-0.25, -0.2) is 4.90 Å². The van der Waals surface area contributed by atoms with E-state index in [0.717, 1.165) is 0 Å².